The Morgan fingerprint density at radius 2 is 2.29 bits per heavy atom. The van der Waals surface area contributed by atoms with Gasteiger partial charge in [-0.15, -0.1) is 0 Å². The van der Waals surface area contributed by atoms with E-state index in [1.54, 1.807) is 24.3 Å². The van der Waals surface area contributed by atoms with Crippen LogP contribution < -0.4 is 15.4 Å². The molecule has 0 radical (unpaired) electrons. The van der Waals surface area contributed by atoms with Crippen LogP contribution in [0.25, 0.3) is 0 Å². The highest BCUT2D eigenvalue weighted by atomic mass is 16.6. The first kappa shape index (κ1) is 15.3. The molecule has 0 aliphatic carbocycles. The van der Waals surface area contributed by atoms with Gasteiger partial charge in [0.25, 0.3) is 0 Å². The predicted molar refractivity (Wildman–Crippen MR) is 78.2 cm³/mol. The van der Waals surface area contributed by atoms with Crippen molar-refractivity contribution in [3.8, 4) is 5.75 Å². The van der Waals surface area contributed by atoms with Crippen LogP contribution in [0.15, 0.2) is 24.3 Å². The zero-order chi connectivity index (χ0) is 15.1. The summed E-state index contributed by atoms with van der Waals surface area (Å²) in [4.78, 5) is 23.2. The van der Waals surface area contributed by atoms with Crippen LogP contribution in [-0.2, 0) is 14.3 Å². The first-order chi connectivity index (χ1) is 10.2. The van der Waals surface area contributed by atoms with Gasteiger partial charge in [0.15, 0.2) is 6.61 Å². The first-order valence-corrected chi connectivity index (χ1v) is 7.00. The summed E-state index contributed by atoms with van der Waals surface area (Å²) in [5, 5.41) is 6.09. The molecule has 21 heavy (non-hydrogen) atoms. The van der Waals surface area contributed by atoms with Crippen LogP contribution in [-0.4, -0.2) is 38.7 Å². The van der Waals surface area contributed by atoms with E-state index < -0.39 is 5.97 Å². The minimum Gasteiger partial charge on any atom is -0.482 e. The van der Waals surface area contributed by atoms with E-state index in [4.69, 9.17) is 4.74 Å². The smallest absolute Gasteiger partial charge is 0.343 e. The Balaban J connectivity index is 1.90. The lowest BCUT2D eigenvalue weighted by molar-refractivity contribution is -0.142. The molecule has 1 heterocycles. The number of methoxy groups -OCH3 is 1. The average Bonchev–Trinajstić information content (AvgIpc) is 2.53. The Morgan fingerprint density at radius 3 is 3.00 bits per heavy atom. The number of anilines is 1. The monoisotopic (exact) mass is 292 g/mol. The summed E-state index contributed by atoms with van der Waals surface area (Å²) >= 11 is 0. The van der Waals surface area contributed by atoms with Gasteiger partial charge in [0.2, 0.25) is 5.91 Å². The lowest BCUT2D eigenvalue weighted by Crippen LogP contribution is -2.37. The van der Waals surface area contributed by atoms with E-state index in [1.165, 1.54) is 7.11 Å². The highest BCUT2D eigenvalue weighted by Crippen LogP contribution is 2.19. The third kappa shape index (κ3) is 4.75. The second kappa shape index (κ2) is 7.64. The number of ether oxygens (including phenoxy) is 2. The predicted octanol–water partition coefficient (Wildman–Crippen LogP) is 1.18. The van der Waals surface area contributed by atoms with Crippen molar-refractivity contribution in [3.05, 3.63) is 24.3 Å². The van der Waals surface area contributed by atoms with Gasteiger partial charge in [0.1, 0.15) is 5.75 Å². The molecule has 0 spiro atoms. The average molecular weight is 292 g/mol. The molecule has 1 aliphatic heterocycles. The van der Waals surface area contributed by atoms with Crippen LogP contribution in [0.2, 0.25) is 0 Å². The molecule has 0 aromatic heterocycles. The summed E-state index contributed by atoms with van der Waals surface area (Å²) in [6, 6.07) is 6.97. The molecule has 6 nitrogen and oxygen atoms in total. The number of carbonyl (C=O) groups excluding carboxylic acids is 2. The number of nitrogens with one attached hydrogen (secondary N) is 2. The van der Waals surface area contributed by atoms with Crippen LogP contribution in [0.1, 0.15) is 12.8 Å². The summed E-state index contributed by atoms with van der Waals surface area (Å²) in [6.45, 7) is 1.53. The lowest BCUT2D eigenvalue weighted by atomic mass is 9.99. The largest absolute Gasteiger partial charge is 0.482 e. The molecule has 1 aromatic rings. The highest BCUT2D eigenvalue weighted by Gasteiger charge is 2.20. The molecule has 2 N–H and O–H groups in total. The number of piperidine rings is 1. The van der Waals surface area contributed by atoms with Gasteiger partial charge in [-0.3, -0.25) is 4.79 Å². The molecule has 1 unspecified atom stereocenters. The molecule has 2 rings (SSSR count). The Bertz CT molecular complexity index is 498. The van der Waals surface area contributed by atoms with E-state index in [1.807, 2.05) is 0 Å². The summed E-state index contributed by atoms with van der Waals surface area (Å²) in [6.07, 6.45) is 1.91. The third-order valence-corrected chi connectivity index (χ3v) is 3.35. The molecule has 1 fully saturated rings. The second-order valence-electron chi connectivity index (χ2n) is 4.93. The van der Waals surface area contributed by atoms with Crippen molar-refractivity contribution < 1.29 is 19.1 Å². The highest BCUT2D eigenvalue weighted by molar-refractivity contribution is 5.92. The molecular weight excluding hydrogens is 272 g/mol. The summed E-state index contributed by atoms with van der Waals surface area (Å²) in [7, 11) is 1.31. The molecule has 1 aliphatic rings. The SMILES string of the molecule is COC(=O)COc1cccc(NC(=O)C2CCCNC2)c1. The molecule has 114 valence electrons. The van der Waals surface area contributed by atoms with E-state index in [9.17, 15) is 9.59 Å². The molecular formula is C15H20N2O4. The van der Waals surface area contributed by atoms with Crippen molar-refractivity contribution in [2.45, 2.75) is 12.8 Å². The van der Waals surface area contributed by atoms with E-state index in [0.717, 1.165) is 19.4 Å². The van der Waals surface area contributed by atoms with E-state index in [2.05, 4.69) is 15.4 Å². The third-order valence-electron chi connectivity index (χ3n) is 3.35. The fourth-order valence-electron chi connectivity index (χ4n) is 2.18. The van der Waals surface area contributed by atoms with Crippen LogP contribution in [0.3, 0.4) is 0 Å². The molecule has 1 atom stereocenters. The molecule has 1 aromatic carbocycles. The maximum absolute atomic E-state index is 12.1. The van der Waals surface area contributed by atoms with Crippen molar-refractivity contribution in [3.63, 3.8) is 0 Å². The first-order valence-electron chi connectivity index (χ1n) is 7.00. The van der Waals surface area contributed by atoms with Gasteiger partial charge >= 0.3 is 5.97 Å². The molecule has 6 heteroatoms. The van der Waals surface area contributed by atoms with E-state index >= 15 is 0 Å². The van der Waals surface area contributed by atoms with Crippen molar-refractivity contribution in [1.82, 2.24) is 5.32 Å². The van der Waals surface area contributed by atoms with Gasteiger partial charge in [-0.25, -0.2) is 4.79 Å². The fraction of sp³-hybridized carbons (Fsp3) is 0.467. The van der Waals surface area contributed by atoms with E-state index in [0.29, 0.717) is 18.0 Å². The Morgan fingerprint density at radius 1 is 1.43 bits per heavy atom. The van der Waals surface area contributed by atoms with E-state index in [-0.39, 0.29) is 18.4 Å². The number of carbonyl (C=O) groups is 2. The number of hydrogen-bond donors (Lipinski definition) is 2. The zero-order valence-electron chi connectivity index (χ0n) is 12.1. The number of amides is 1. The Labute approximate surface area is 123 Å². The minimum absolute atomic E-state index is 0.00149. The number of hydrogen-bond acceptors (Lipinski definition) is 5. The van der Waals surface area contributed by atoms with Crippen molar-refractivity contribution in [2.75, 3.05) is 32.1 Å². The zero-order valence-corrected chi connectivity index (χ0v) is 12.1. The number of esters is 1. The van der Waals surface area contributed by atoms with Gasteiger partial charge in [0.05, 0.1) is 13.0 Å². The van der Waals surface area contributed by atoms with Crippen LogP contribution >= 0.6 is 0 Å². The van der Waals surface area contributed by atoms with Gasteiger partial charge in [-0.2, -0.15) is 0 Å². The quantitative estimate of drug-likeness (QED) is 0.797. The summed E-state index contributed by atoms with van der Waals surface area (Å²) in [5.74, 6) is 0.0726. The number of benzene rings is 1. The van der Waals surface area contributed by atoms with Gasteiger partial charge in [0, 0.05) is 18.3 Å². The maximum Gasteiger partial charge on any atom is 0.343 e. The van der Waals surface area contributed by atoms with Crippen LogP contribution in [0.5, 0.6) is 5.75 Å². The Kier molecular flexibility index (Phi) is 5.57. The molecule has 0 bridgehead atoms. The summed E-state index contributed by atoms with van der Waals surface area (Å²) < 4.78 is 9.79. The maximum atomic E-state index is 12.1. The van der Waals surface area contributed by atoms with Gasteiger partial charge in [-0.05, 0) is 31.5 Å². The standard InChI is InChI=1S/C15H20N2O4/c1-20-14(18)10-21-13-6-2-5-12(8-13)17-15(19)11-4-3-7-16-9-11/h2,5-6,8,11,16H,3-4,7,9-10H2,1H3,(H,17,19). The number of rotatable bonds is 5. The van der Waals surface area contributed by atoms with Gasteiger partial charge < -0.3 is 20.1 Å². The normalized spacial score (nSPS) is 17.9. The van der Waals surface area contributed by atoms with Crippen molar-refractivity contribution in [1.29, 1.82) is 0 Å². The topological polar surface area (TPSA) is 76.7 Å². The fourth-order valence-corrected chi connectivity index (χ4v) is 2.18. The Hall–Kier alpha value is -2.08. The van der Waals surface area contributed by atoms with Crippen molar-refractivity contribution >= 4 is 17.6 Å². The minimum atomic E-state index is -0.447. The molecule has 1 amide bonds. The van der Waals surface area contributed by atoms with Gasteiger partial charge in [-0.1, -0.05) is 6.07 Å². The van der Waals surface area contributed by atoms with Crippen LogP contribution in [0.4, 0.5) is 5.69 Å². The van der Waals surface area contributed by atoms with Crippen molar-refractivity contribution in [2.24, 2.45) is 5.92 Å². The van der Waals surface area contributed by atoms with Crippen LogP contribution in [0, 0.1) is 5.92 Å². The summed E-state index contributed by atoms with van der Waals surface area (Å²) in [5.41, 5.74) is 0.660. The molecule has 1 saturated heterocycles. The molecule has 0 saturated carbocycles. The second-order valence-corrected chi connectivity index (χ2v) is 4.93. The lowest BCUT2D eigenvalue weighted by Gasteiger charge is -2.22.